The number of phenols is 3. The number of aliphatic hydroxyl groups is 6. The molecule has 0 aliphatic carbocycles. The Morgan fingerprint density at radius 1 is 0.800 bits per heavy atom. The van der Waals surface area contributed by atoms with Gasteiger partial charge in [0.05, 0.1) is 13.7 Å². The lowest BCUT2D eigenvalue weighted by molar-refractivity contribution is -0.358. The Balaban J connectivity index is 1.30. The summed E-state index contributed by atoms with van der Waals surface area (Å²) in [6.45, 7) is -1.50. The number of aromatic hydroxyl groups is 3. The highest BCUT2D eigenvalue weighted by atomic mass is 16.8. The van der Waals surface area contributed by atoms with E-state index in [4.69, 9.17) is 32.8 Å². The van der Waals surface area contributed by atoms with Crippen molar-refractivity contribution in [3.63, 3.8) is 0 Å². The van der Waals surface area contributed by atoms with Crippen molar-refractivity contribution in [3.8, 4) is 40.1 Å². The molecule has 294 valence electrons. The zero-order valence-electron chi connectivity index (χ0n) is 28.8. The Hall–Kier alpha value is -5.28. The molecule has 3 heterocycles. The average molecular weight is 771 g/mol. The van der Waals surface area contributed by atoms with Gasteiger partial charge < -0.3 is 78.8 Å². The summed E-state index contributed by atoms with van der Waals surface area (Å²) in [5.41, 5.74) is -0.00150. The van der Waals surface area contributed by atoms with Gasteiger partial charge in [0.1, 0.15) is 77.6 Å². The van der Waals surface area contributed by atoms with Crippen LogP contribution in [0.3, 0.4) is 0 Å². The molecule has 0 unspecified atom stereocenters. The lowest BCUT2D eigenvalue weighted by Crippen LogP contribution is -2.65. The summed E-state index contributed by atoms with van der Waals surface area (Å²) in [6.07, 6.45) is -15.7. The van der Waals surface area contributed by atoms with Gasteiger partial charge in [0.25, 0.3) is 0 Å². The first-order valence-electron chi connectivity index (χ1n) is 16.7. The summed E-state index contributed by atoms with van der Waals surface area (Å²) >= 11 is 0. The molecule has 4 aromatic rings. The van der Waals surface area contributed by atoms with Gasteiger partial charge in [-0.15, -0.1) is 0 Å². The number of hydrogen-bond donors (Lipinski definition) is 9. The van der Waals surface area contributed by atoms with Crippen LogP contribution < -0.4 is 14.9 Å². The van der Waals surface area contributed by atoms with Gasteiger partial charge in [-0.05, 0) is 48.0 Å². The van der Waals surface area contributed by atoms with E-state index in [1.807, 2.05) is 0 Å². The first-order valence-corrected chi connectivity index (χ1v) is 16.7. The summed E-state index contributed by atoms with van der Waals surface area (Å²) in [4.78, 5) is 25.6. The molecule has 2 aliphatic heterocycles. The predicted octanol–water partition coefficient (Wildman–Crippen LogP) is -0.147. The monoisotopic (exact) mass is 770 g/mol. The highest BCUT2D eigenvalue weighted by Gasteiger charge is 2.52. The molecule has 3 aromatic carbocycles. The number of rotatable bonds is 11. The minimum absolute atomic E-state index is 0.0161. The molecule has 2 fully saturated rings. The van der Waals surface area contributed by atoms with Crippen molar-refractivity contribution < 1.29 is 83.6 Å². The number of hydrogen-bond acceptors (Lipinski definition) is 18. The van der Waals surface area contributed by atoms with Crippen molar-refractivity contribution in [2.24, 2.45) is 0 Å². The van der Waals surface area contributed by atoms with E-state index in [1.54, 1.807) is 24.3 Å². The van der Waals surface area contributed by atoms with Crippen LogP contribution in [0.15, 0.2) is 76.0 Å². The van der Waals surface area contributed by atoms with Gasteiger partial charge in [-0.2, -0.15) is 0 Å². The van der Waals surface area contributed by atoms with Crippen LogP contribution in [-0.2, 0) is 23.7 Å². The number of carbonyl (C=O) groups excluding carboxylic acids is 1. The number of ether oxygens (including phenoxy) is 6. The van der Waals surface area contributed by atoms with Crippen LogP contribution in [0.5, 0.6) is 28.7 Å². The maximum absolute atomic E-state index is 13.1. The Kier molecular flexibility index (Phi) is 11.9. The molecular weight excluding hydrogens is 732 g/mol. The minimum Gasteiger partial charge on any atom is -0.508 e. The molecule has 18 nitrogen and oxygen atoms in total. The normalized spacial score (nSPS) is 28.3. The lowest BCUT2D eigenvalue weighted by Gasteiger charge is -2.45. The maximum atomic E-state index is 13.1. The van der Waals surface area contributed by atoms with Gasteiger partial charge in [-0.3, -0.25) is 4.79 Å². The van der Waals surface area contributed by atoms with Crippen molar-refractivity contribution in [1.82, 2.24) is 0 Å². The molecule has 10 atom stereocenters. The Labute approximate surface area is 310 Å². The summed E-state index contributed by atoms with van der Waals surface area (Å²) in [7, 11) is 1.48. The van der Waals surface area contributed by atoms with Gasteiger partial charge in [0.15, 0.2) is 29.3 Å². The largest absolute Gasteiger partial charge is 0.508 e. The molecule has 0 saturated carbocycles. The third kappa shape index (κ3) is 8.37. The lowest BCUT2D eigenvalue weighted by atomic mass is 9.97. The highest BCUT2D eigenvalue weighted by Crippen LogP contribution is 2.43. The quantitative estimate of drug-likeness (QED) is 0.0545. The second-order valence-electron chi connectivity index (χ2n) is 12.6. The fourth-order valence-electron chi connectivity index (χ4n) is 5.96. The average Bonchev–Trinajstić information content (AvgIpc) is 3.18. The molecule has 0 bridgehead atoms. The number of phenolic OH excluding ortho intramolecular Hbond substituents is 3. The molecule has 18 heteroatoms. The van der Waals surface area contributed by atoms with E-state index in [1.165, 1.54) is 37.5 Å². The Morgan fingerprint density at radius 2 is 1.47 bits per heavy atom. The standard InChI is InChI=1S/C37H38O18/c1-49-19-9-5-17(6-10-19)21-12-20(40)27-22(51-21)13-23(28(42)31(27)45)52-37-35(55-36-34(48)32(46)29(43)24(14-38)53-36)33(47)30(44)25(54-37)15-50-26(41)11-4-16-2-7-18(39)8-3-16/h2-13,24-25,29-30,32-39,42-48H,14-15H2,1H3/t24-,25+,29-,30+,32-,33-,34-,35+,36+,37-/m1/s1. The number of fused-ring (bicyclic) bond motifs is 1. The molecule has 9 N–H and O–H groups in total. The summed E-state index contributed by atoms with van der Waals surface area (Å²) in [5.74, 6) is -2.80. The molecule has 2 saturated heterocycles. The first kappa shape index (κ1) is 39.4. The molecule has 0 radical (unpaired) electrons. The van der Waals surface area contributed by atoms with Crippen molar-refractivity contribution in [2.75, 3.05) is 20.3 Å². The van der Waals surface area contributed by atoms with Gasteiger partial charge in [-0.1, -0.05) is 12.1 Å². The second-order valence-corrected chi connectivity index (χ2v) is 12.6. The Morgan fingerprint density at radius 3 is 2.15 bits per heavy atom. The fraction of sp³-hybridized carbons (Fsp3) is 0.351. The van der Waals surface area contributed by atoms with Gasteiger partial charge >= 0.3 is 5.97 Å². The van der Waals surface area contributed by atoms with Crippen molar-refractivity contribution in [2.45, 2.75) is 61.4 Å². The van der Waals surface area contributed by atoms with Crippen LogP contribution >= 0.6 is 0 Å². The molecule has 1 aromatic heterocycles. The van der Waals surface area contributed by atoms with Crippen LogP contribution in [0.25, 0.3) is 28.4 Å². The number of benzene rings is 3. The van der Waals surface area contributed by atoms with E-state index in [9.17, 15) is 55.5 Å². The predicted molar refractivity (Wildman–Crippen MR) is 186 cm³/mol. The number of carbonyl (C=O) groups is 1. The van der Waals surface area contributed by atoms with E-state index in [2.05, 4.69) is 0 Å². The van der Waals surface area contributed by atoms with E-state index < -0.39 is 109 Å². The number of methoxy groups -OCH3 is 1. The van der Waals surface area contributed by atoms with Gasteiger partial charge in [0.2, 0.25) is 12.0 Å². The van der Waals surface area contributed by atoms with E-state index in [0.29, 0.717) is 16.9 Å². The third-order valence-corrected chi connectivity index (χ3v) is 9.03. The molecule has 0 spiro atoms. The molecule has 6 rings (SSSR count). The SMILES string of the molecule is COc1ccc(-c2cc(=O)c3c(O)c(O)c(O[C@@H]4O[C@@H](COC(=O)C=Cc5ccc(O)cc5)[C@H](O)[C@@H](O)[C@@H]4O[C@@H]4O[C@H](CO)[C@@H](O)[C@@H](O)[C@H]4O)cc3o2)cc1. The smallest absolute Gasteiger partial charge is 0.330 e. The van der Waals surface area contributed by atoms with Crippen LogP contribution in [0.1, 0.15) is 5.56 Å². The number of aliphatic hydroxyl groups excluding tert-OH is 6. The van der Waals surface area contributed by atoms with Crippen LogP contribution in [0.2, 0.25) is 0 Å². The van der Waals surface area contributed by atoms with Crippen LogP contribution in [-0.4, -0.2) is 134 Å². The van der Waals surface area contributed by atoms with Crippen LogP contribution in [0.4, 0.5) is 0 Å². The van der Waals surface area contributed by atoms with Crippen LogP contribution in [0, 0.1) is 0 Å². The molecular formula is C37H38O18. The zero-order chi connectivity index (χ0) is 39.6. The molecule has 55 heavy (non-hydrogen) atoms. The number of esters is 1. The topological polar surface area (TPSA) is 285 Å². The van der Waals surface area contributed by atoms with E-state index in [0.717, 1.165) is 18.2 Å². The van der Waals surface area contributed by atoms with E-state index in [-0.39, 0.29) is 17.1 Å². The van der Waals surface area contributed by atoms with Gasteiger partial charge in [0, 0.05) is 23.8 Å². The minimum atomic E-state index is -2.00. The second kappa shape index (κ2) is 16.6. The van der Waals surface area contributed by atoms with E-state index >= 15 is 0 Å². The Bertz CT molecular complexity index is 2040. The molecule has 0 amide bonds. The highest BCUT2D eigenvalue weighted by molar-refractivity contribution is 5.89. The van der Waals surface area contributed by atoms with Crippen molar-refractivity contribution >= 4 is 23.0 Å². The zero-order valence-corrected chi connectivity index (χ0v) is 28.8. The van der Waals surface area contributed by atoms with Gasteiger partial charge in [-0.25, -0.2) is 4.79 Å². The summed E-state index contributed by atoms with van der Waals surface area (Å²) in [5, 5.41) is 94.1. The summed E-state index contributed by atoms with van der Waals surface area (Å²) < 4.78 is 39.1. The molecule has 2 aliphatic rings. The summed E-state index contributed by atoms with van der Waals surface area (Å²) in [6, 6.07) is 14.5. The first-order chi connectivity index (χ1) is 26.3. The maximum Gasteiger partial charge on any atom is 0.330 e. The van der Waals surface area contributed by atoms with Crippen molar-refractivity contribution in [3.05, 3.63) is 82.5 Å². The fourth-order valence-corrected chi connectivity index (χ4v) is 5.96. The third-order valence-electron chi connectivity index (χ3n) is 9.03. The van der Waals surface area contributed by atoms with Crippen molar-refractivity contribution in [1.29, 1.82) is 0 Å².